The predicted molar refractivity (Wildman–Crippen MR) is 272 cm³/mol. The second-order valence-electron chi connectivity index (χ2n) is 16.9. The van der Waals surface area contributed by atoms with E-state index in [1.54, 1.807) is 30.5 Å². The number of phenolic OH excluding ortho intramolecular Hbond substituents is 2. The molecule has 398 valence electrons. The number of carboxylic acids is 1. The number of amides is 9. The smallest absolute Gasteiger partial charge is 0.303 e. The van der Waals surface area contributed by atoms with Gasteiger partial charge in [-0.15, -0.1) is 0 Å². The molecular weight excluding hydrogens is 1010 g/mol. The number of rotatable bonds is 29. The van der Waals surface area contributed by atoms with Crippen LogP contribution in [0.5, 0.6) is 11.5 Å². The summed E-state index contributed by atoms with van der Waals surface area (Å²) in [5.74, 6) is -11.4. The van der Waals surface area contributed by atoms with Crippen molar-refractivity contribution in [3.8, 4) is 11.5 Å². The highest BCUT2D eigenvalue weighted by atomic mass is 32.1. The zero-order valence-corrected chi connectivity index (χ0v) is 41.3. The Bertz CT molecular complexity index is 2660. The van der Waals surface area contributed by atoms with Crippen LogP contribution >= 0.6 is 25.3 Å². The van der Waals surface area contributed by atoms with Gasteiger partial charge < -0.3 is 79.8 Å². The van der Waals surface area contributed by atoms with Crippen molar-refractivity contribution in [2.45, 2.75) is 86.9 Å². The molecule has 0 spiro atoms. The van der Waals surface area contributed by atoms with Gasteiger partial charge >= 0.3 is 5.97 Å². The molecule has 0 radical (unpaired) electrons. The first-order valence-electron chi connectivity index (χ1n) is 22.7. The highest BCUT2D eigenvalue weighted by Gasteiger charge is 2.35. The molecule has 9 amide bonds. The number of nitrogens with one attached hydrogen (secondary N) is 8. The molecule has 0 saturated carbocycles. The second-order valence-corrected chi connectivity index (χ2v) is 17.6. The molecule has 4 aromatic rings. The van der Waals surface area contributed by atoms with Crippen molar-refractivity contribution < 1.29 is 68.4 Å². The summed E-state index contributed by atoms with van der Waals surface area (Å²) in [7, 11) is 0. The van der Waals surface area contributed by atoms with Crippen LogP contribution in [0.1, 0.15) is 36.0 Å². The maximum atomic E-state index is 14.3. The number of para-hydroxylation sites is 1. The fourth-order valence-electron chi connectivity index (χ4n) is 7.23. The van der Waals surface area contributed by atoms with Crippen molar-refractivity contribution in [2.24, 2.45) is 17.2 Å². The Hall–Kier alpha value is -7.88. The Morgan fingerprint density at radius 3 is 1.53 bits per heavy atom. The Kier molecular flexibility index (Phi) is 22.5. The molecule has 0 aliphatic carbocycles. The summed E-state index contributed by atoms with van der Waals surface area (Å²) in [5.41, 5.74) is 19.0. The van der Waals surface area contributed by atoms with Gasteiger partial charge in [0.15, 0.2) is 0 Å². The summed E-state index contributed by atoms with van der Waals surface area (Å²) in [5, 5.41) is 56.4. The number of H-pyrrole nitrogens is 1. The number of aliphatic hydroxyl groups excluding tert-OH is 1. The van der Waals surface area contributed by atoms with E-state index in [9.17, 15) is 68.4 Å². The number of aromatic nitrogens is 1. The molecule has 74 heavy (non-hydrogen) atoms. The van der Waals surface area contributed by atoms with Crippen LogP contribution in [0.4, 0.5) is 0 Å². The molecule has 18 N–H and O–H groups in total. The predicted octanol–water partition coefficient (Wildman–Crippen LogP) is -3.59. The number of hydrogen-bond acceptors (Lipinski definition) is 16. The van der Waals surface area contributed by atoms with E-state index < -0.39 is 133 Å². The maximum Gasteiger partial charge on any atom is 0.303 e. The van der Waals surface area contributed by atoms with Crippen LogP contribution in [0, 0.1) is 0 Å². The monoisotopic (exact) mass is 1070 g/mol. The summed E-state index contributed by atoms with van der Waals surface area (Å²) in [6, 6.07) is 5.95. The summed E-state index contributed by atoms with van der Waals surface area (Å²) in [6.45, 7) is -1.16. The first-order chi connectivity index (χ1) is 35.1. The van der Waals surface area contributed by atoms with Crippen molar-refractivity contribution in [2.75, 3.05) is 18.1 Å². The molecule has 0 aliphatic rings. The lowest BCUT2D eigenvalue weighted by Gasteiger charge is -2.27. The standard InChI is InChI=1S/C47H59N11O14S2/c48-29(21-73)41(66)54-33(16-24-7-11-27(61)12-8-24)43(68)55-34(17-25-19-51-30-4-2-1-3-28(25)30)44(69)56-35(18-38(49)62)45(70)57-36(20-59)46(71)52-31(13-14-39(63)64)42(67)58-37(22-74)47(72)53-32(40(50)65)15-23-5-9-26(60)10-6-23/h1-12,19,29,31-37,51,59-61,73-74H,13-18,20-22,48H2,(H2,49,62)(H2,50,65)(H,52,71)(H,53,72)(H,54,66)(H,55,68)(H,56,69)(H,57,70)(H,58,67)(H,63,64)/t29-,31-,32-,33-,34-,35-,36-,37-/m0/s1. The largest absolute Gasteiger partial charge is 0.508 e. The number of carbonyl (C=O) groups excluding carboxylic acids is 9. The van der Waals surface area contributed by atoms with Crippen LogP contribution in [0.15, 0.2) is 79.0 Å². The minimum atomic E-state index is -1.94. The second kappa shape index (κ2) is 28.4. The topological polar surface area (TPSA) is 430 Å². The third-order valence-corrected chi connectivity index (χ3v) is 12.0. The first-order valence-corrected chi connectivity index (χ1v) is 24.0. The number of thiol groups is 2. The number of aliphatic carboxylic acids is 1. The Morgan fingerprint density at radius 2 is 0.986 bits per heavy atom. The highest BCUT2D eigenvalue weighted by molar-refractivity contribution is 7.80. The van der Waals surface area contributed by atoms with E-state index in [1.807, 2.05) is 0 Å². The summed E-state index contributed by atoms with van der Waals surface area (Å²) < 4.78 is 0. The van der Waals surface area contributed by atoms with Crippen LogP contribution in [-0.4, -0.2) is 151 Å². The number of nitrogens with two attached hydrogens (primary N) is 3. The van der Waals surface area contributed by atoms with Crippen LogP contribution in [0.2, 0.25) is 0 Å². The molecule has 3 aromatic carbocycles. The number of phenols is 2. The minimum absolute atomic E-state index is 0.0540. The van der Waals surface area contributed by atoms with Crippen LogP contribution in [0.25, 0.3) is 10.9 Å². The number of hydrogen-bond donors (Lipinski definition) is 17. The minimum Gasteiger partial charge on any atom is -0.508 e. The number of primary amides is 2. The van der Waals surface area contributed by atoms with Crippen molar-refractivity contribution in [1.82, 2.24) is 42.2 Å². The number of aliphatic hydroxyl groups is 1. The molecule has 0 bridgehead atoms. The van der Waals surface area contributed by atoms with Crippen molar-refractivity contribution in [3.05, 3.63) is 95.7 Å². The quantitative estimate of drug-likeness (QED) is 0.0234. The average molecular weight is 1070 g/mol. The van der Waals surface area contributed by atoms with Crippen molar-refractivity contribution in [1.29, 1.82) is 0 Å². The van der Waals surface area contributed by atoms with E-state index in [2.05, 4.69) is 67.5 Å². The molecular formula is C47H59N11O14S2. The zero-order chi connectivity index (χ0) is 54.6. The molecule has 0 aliphatic heterocycles. The molecule has 1 aromatic heterocycles. The lowest BCUT2D eigenvalue weighted by atomic mass is 10.0. The van der Waals surface area contributed by atoms with Crippen LogP contribution in [0.3, 0.4) is 0 Å². The van der Waals surface area contributed by atoms with Gasteiger partial charge in [-0.25, -0.2) is 0 Å². The number of carboxylic acid groups (broad SMARTS) is 1. The van der Waals surface area contributed by atoms with Crippen molar-refractivity contribution >= 4 is 95.3 Å². The summed E-state index contributed by atoms with van der Waals surface area (Å²) >= 11 is 8.17. The fourth-order valence-corrected chi connectivity index (χ4v) is 7.65. The maximum absolute atomic E-state index is 14.3. The number of aromatic amines is 1. The van der Waals surface area contributed by atoms with Crippen LogP contribution < -0.4 is 54.4 Å². The molecule has 27 heteroatoms. The normalized spacial score (nSPS) is 14.3. The van der Waals surface area contributed by atoms with Gasteiger partial charge in [0.2, 0.25) is 53.2 Å². The Morgan fingerprint density at radius 1 is 0.541 bits per heavy atom. The average Bonchev–Trinajstić information content (AvgIpc) is 3.77. The molecule has 0 unspecified atom stereocenters. The van der Waals surface area contributed by atoms with Crippen molar-refractivity contribution in [3.63, 3.8) is 0 Å². The third-order valence-electron chi connectivity index (χ3n) is 11.3. The molecule has 4 rings (SSSR count). The van der Waals surface area contributed by atoms with E-state index in [-0.39, 0.29) is 42.3 Å². The van der Waals surface area contributed by atoms with E-state index >= 15 is 0 Å². The lowest BCUT2D eigenvalue weighted by Crippen LogP contribution is -2.61. The SMILES string of the molecule is NC(=O)C[C@H](NC(=O)[C@H](Cc1c[nH]c2ccccc12)NC(=O)[C@H](Cc1ccc(O)cc1)NC(=O)[C@@H](N)CS)C(=O)N[C@@H](CO)C(=O)N[C@@H](CCC(=O)O)C(=O)N[C@@H](CS)C(=O)N[C@@H](Cc1ccc(O)cc1)C(N)=O. The Balaban J connectivity index is 1.55. The summed E-state index contributed by atoms with van der Waals surface area (Å²) in [6.07, 6.45) is -1.12. The lowest BCUT2D eigenvalue weighted by molar-refractivity contribution is -0.139. The van der Waals surface area contributed by atoms with Gasteiger partial charge in [-0.05, 0) is 53.4 Å². The van der Waals surface area contributed by atoms with E-state index in [4.69, 9.17) is 17.2 Å². The number of aromatic hydroxyl groups is 2. The van der Waals surface area contributed by atoms with Gasteiger partial charge in [0.05, 0.1) is 19.1 Å². The zero-order valence-electron chi connectivity index (χ0n) is 39.5. The van der Waals surface area contributed by atoms with Gasteiger partial charge in [0.25, 0.3) is 0 Å². The van der Waals surface area contributed by atoms with Crippen LogP contribution in [-0.2, 0) is 67.2 Å². The van der Waals surface area contributed by atoms with E-state index in [0.717, 1.165) is 0 Å². The van der Waals surface area contributed by atoms with E-state index in [1.165, 1.54) is 48.5 Å². The van der Waals surface area contributed by atoms with Gasteiger partial charge in [0, 0.05) is 54.3 Å². The van der Waals surface area contributed by atoms with Gasteiger partial charge in [-0.3, -0.25) is 47.9 Å². The van der Waals surface area contributed by atoms with E-state index in [0.29, 0.717) is 27.6 Å². The van der Waals surface area contributed by atoms with Gasteiger partial charge in [-0.2, -0.15) is 25.3 Å². The first kappa shape index (κ1) is 58.7. The number of carbonyl (C=O) groups is 10. The summed E-state index contributed by atoms with van der Waals surface area (Å²) in [4.78, 5) is 135. The highest BCUT2D eigenvalue weighted by Crippen LogP contribution is 2.20. The molecule has 1 heterocycles. The molecule has 0 fully saturated rings. The number of fused-ring (bicyclic) bond motifs is 1. The molecule has 25 nitrogen and oxygen atoms in total. The third kappa shape index (κ3) is 18.0. The van der Waals surface area contributed by atoms with Gasteiger partial charge in [-0.1, -0.05) is 42.5 Å². The fraction of sp³-hybridized carbons (Fsp3) is 0.362. The number of benzene rings is 3. The van der Waals surface area contributed by atoms with Gasteiger partial charge in [0.1, 0.15) is 53.8 Å². The Labute approximate surface area is 433 Å². The molecule has 8 atom stereocenters. The molecule has 0 saturated heterocycles.